The lowest BCUT2D eigenvalue weighted by molar-refractivity contribution is -0.122. The number of nitrogens with zero attached hydrogens (tertiary/aromatic N) is 2. The van der Waals surface area contributed by atoms with Crippen LogP contribution in [0.3, 0.4) is 0 Å². The third-order valence-corrected chi connectivity index (χ3v) is 3.52. The number of hydrogen-bond donors (Lipinski definition) is 3. The van der Waals surface area contributed by atoms with E-state index in [2.05, 4.69) is 15.7 Å². The van der Waals surface area contributed by atoms with Crippen LogP contribution < -0.4 is 10.6 Å². The monoisotopic (exact) mass is 322 g/mol. The summed E-state index contributed by atoms with van der Waals surface area (Å²) in [6, 6.07) is 5.88. The van der Waals surface area contributed by atoms with E-state index >= 15 is 0 Å². The van der Waals surface area contributed by atoms with Crippen molar-refractivity contribution in [2.75, 3.05) is 18.5 Å². The molecule has 1 aromatic heterocycles. The van der Waals surface area contributed by atoms with Crippen molar-refractivity contribution in [2.45, 2.75) is 20.0 Å². The van der Waals surface area contributed by atoms with Crippen LogP contribution in [0.2, 0.25) is 5.02 Å². The fourth-order valence-corrected chi connectivity index (χ4v) is 2.08. The van der Waals surface area contributed by atoms with Gasteiger partial charge in [0.2, 0.25) is 5.91 Å². The van der Waals surface area contributed by atoms with E-state index in [0.29, 0.717) is 6.54 Å². The van der Waals surface area contributed by atoms with Crippen molar-refractivity contribution in [3.8, 4) is 0 Å². The van der Waals surface area contributed by atoms with Crippen molar-refractivity contribution in [1.29, 1.82) is 0 Å². The molecule has 1 aromatic carbocycles. The highest BCUT2D eigenvalue weighted by molar-refractivity contribution is 6.31. The van der Waals surface area contributed by atoms with Gasteiger partial charge in [-0.15, -0.1) is 0 Å². The van der Waals surface area contributed by atoms with Crippen LogP contribution in [0, 0.1) is 6.92 Å². The van der Waals surface area contributed by atoms with E-state index in [4.69, 9.17) is 16.7 Å². The SMILES string of the molecule is Cc1cc(CNc2cnn(CC(=O)NCCO)c2)ccc1Cl. The quantitative estimate of drug-likeness (QED) is 0.723. The Hall–Kier alpha value is -2.05. The van der Waals surface area contributed by atoms with E-state index in [1.54, 1.807) is 17.1 Å². The first-order chi connectivity index (χ1) is 10.6. The highest BCUT2D eigenvalue weighted by atomic mass is 35.5. The second kappa shape index (κ2) is 7.82. The summed E-state index contributed by atoms with van der Waals surface area (Å²) < 4.78 is 1.54. The van der Waals surface area contributed by atoms with Crippen molar-refractivity contribution in [3.05, 3.63) is 46.7 Å². The molecule has 0 aliphatic rings. The molecule has 0 aliphatic heterocycles. The van der Waals surface area contributed by atoms with E-state index in [1.165, 1.54) is 0 Å². The molecular formula is C15H19ClN4O2. The molecule has 0 bridgehead atoms. The summed E-state index contributed by atoms with van der Waals surface area (Å²) in [7, 11) is 0. The van der Waals surface area contributed by atoms with Gasteiger partial charge < -0.3 is 15.7 Å². The molecular weight excluding hydrogens is 304 g/mol. The number of anilines is 1. The molecule has 0 saturated carbocycles. The summed E-state index contributed by atoms with van der Waals surface area (Å²) in [6.45, 7) is 2.93. The lowest BCUT2D eigenvalue weighted by Gasteiger charge is -2.06. The number of benzene rings is 1. The molecule has 6 nitrogen and oxygen atoms in total. The van der Waals surface area contributed by atoms with Crippen LogP contribution in [-0.2, 0) is 17.9 Å². The Morgan fingerprint density at radius 1 is 1.45 bits per heavy atom. The minimum Gasteiger partial charge on any atom is -0.395 e. The number of nitrogens with one attached hydrogen (secondary N) is 2. The normalized spacial score (nSPS) is 10.5. The highest BCUT2D eigenvalue weighted by Gasteiger charge is 2.04. The second-order valence-corrected chi connectivity index (χ2v) is 5.34. The van der Waals surface area contributed by atoms with Gasteiger partial charge in [0, 0.05) is 24.3 Å². The number of aliphatic hydroxyl groups excluding tert-OH is 1. The number of amides is 1. The summed E-state index contributed by atoms with van der Waals surface area (Å²) in [4.78, 5) is 11.5. The molecule has 2 aromatic rings. The molecule has 0 aliphatic carbocycles. The molecule has 2 rings (SSSR count). The number of hydrogen-bond acceptors (Lipinski definition) is 4. The zero-order chi connectivity index (χ0) is 15.9. The average Bonchev–Trinajstić information content (AvgIpc) is 2.94. The largest absolute Gasteiger partial charge is 0.395 e. The van der Waals surface area contributed by atoms with Crippen LogP contribution in [-0.4, -0.2) is 33.9 Å². The van der Waals surface area contributed by atoms with Gasteiger partial charge in [-0.1, -0.05) is 23.7 Å². The standard InChI is InChI=1S/C15H19ClN4O2/c1-11-6-12(2-3-14(11)16)7-18-13-8-19-20(9-13)10-15(22)17-4-5-21/h2-3,6,8-9,18,21H,4-5,7,10H2,1H3,(H,17,22). The van der Waals surface area contributed by atoms with Gasteiger partial charge >= 0.3 is 0 Å². The fourth-order valence-electron chi connectivity index (χ4n) is 1.96. The van der Waals surface area contributed by atoms with Gasteiger partial charge in [-0.2, -0.15) is 5.10 Å². The van der Waals surface area contributed by atoms with Crippen molar-refractivity contribution in [3.63, 3.8) is 0 Å². The van der Waals surface area contributed by atoms with E-state index in [-0.39, 0.29) is 25.6 Å². The first kappa shape index (κ1) is 16.3. The van der Waals surface area contributed by atoms with E-state index in [1.807, 2.05) is 25.1 Å². The number of carbonyl (C=O) groups is 1. The van der Waals surface area contributed by atoms with Crippen LogP contribution in [0.15, 0.2) is 30.6 Å². The molecule has 0 radical (unpaired) electrons. The van der Waals surface area contributed by atoms with Crippen LogP contribution in [0.4, 0.5) is 5.69 Å². The first-order valence-corrected chi connectivity index (χ1v) is 7.35. The van der Waals surface area contributed by atoms with Crippen molar-refractivity contribution < 1.29 is 9.90 Å². The number of carbonyl (C=O) groups excluding carboxylic acids is 1. The van der Waals surface area contributed by atoms with Crippen LogP contribution in [0.1, 0.15) is 11.1 Å². The van der Waals surface area contributed by atoms with Gasteiger partial charge in [0.05, 0.1) is 18.5 Å². The molecule has 0 fully saturated rings. The van der Waals surface area contributed by atoms with Gasteiger partial charge in [-0.25, -0.2) is 0 Å². The second-order valence-electron chi connectivity index (χ2n) is 4.94. The molecule has 7 heteroatoms. The minimum absolute atomic E-state index is 0.0713. The first-order valence-electron chi connectivity index (χ1n) is 6.97. The van der Waals surface area contributed by atoms with Gasteiger partial charge in [0.25, 0.3) is 0 Å². The van der Waals surface area contributed by atoms with Crippen LogP contribution >= 0.6 is 11.6 Å². The number of aryl methyl sites for hydroxylation is 1. The molecule has 0 atom stereocenters. The smallest absolute Gasteiger partial charge is 0.241 e. The third kappa shape index (κ3) is 4.75. The molecule has 0 saturated heterocycles. The molecule has 1 heterocycles. The summed E-state index contributed by atoms with van der Waals surface area (Å²) in [5.41, 5.74) is 3.00. The van der Waals surface area contributed by atoms with Crippen LogP contribution in [0.25, 0.3) is 0 Å². The maximum atomic E-state index is 11.5. The van der Waals surface area contributed by atoms with Gasteiger partial charge in [-0.3, -0.25) is 9.48 Å². The highest BCUT2D eigenvalue weighted by Crippen LogP contribution is 2.17. The predicted octanol–water partition coefficient (Wildman–Crippen LogP) is 1.57. The number of rotatable bonds is 7. The van der Waals surface area contributed by atoms with Crippen molar-refractivity contribution in [1.82, 2.24) is 15.1 Å². The Morgan fingerprint density at radius 3 is 3.00 bits per heavy atom. The zero-order valence-corrected chi connectivity index (χ0v) is 13.1. The number of aliphatic hydroxyl groups is 1. The van der Waals surface area contributed by atoms with E-state index < -0.39 is 0 Å². The van der Waals surface area contributed by atoms with Crippen LogP contribution in [0.5, 0.6) is 0 Å². The van der Waals surface area contributed by atoms with E-state index in [9.17, 15) is 4.79 Å². The van der Waals surface area contributed by atoms with Gasteiger partial charge in [0.1, 0.15) is 6.54 Å². The molecule has 0 spiro atoms. The lowest BCUT2D eigenvalue weighted by atomic mass is 10.1. The Labute approximate surface area is 134 Å². The molecule has 1 amide bonds. The summed E-state index contributed by atoms with van der Waals surface area (Å²) in [5.74, 6) is -0.183. The minimum atomic E-state index is -0.183. The van der Waals surface area contributed by atoms with Crippen molar-refractivity contribution in [2.24, 2.45) is 0 Å². The zero-order valence-electron chi connectivity index (χ0n) is 12.3. The molecule has 0 unspecified atom stereocenters. The molecule has 3 N–H and O–H groups in total. The lowest BCUT2D eigenvalue weighted by Crippen LogP contribution is -2.30. The summed E-state index contributed by atoms with van der Waals surface area (Å²) in [5, 5.41) is 19.3. The molecule has 118 valence electrons. The average molecular weight is 323 g/mol. The van der Waals surface area contributed by atoms with Gasteiger partial charge in [-0.05, 0) is 24.1 Å². The fraction of sp³-hybridized carbons (Fsp3) is 0.333. The Bertz CT molecular complexity index is 642. The summed E-state index contributed by atoms with van der Waals surface area (Å²) >= 11 is 6.00. The van der Waals surface area contributed by atoms with E-state index in [0.717, 1.165) is 21.8 Å². The Balaban J connectivity index is 1.86. The molecule has 22 heavy (non-hydrogen) atoms. The maximum Gasteiger partial charge on any atom is 0.241 e. The van der Waals surface area contributed by atoms with Gasteiger partial charge in [0.15, 0.2) is 0 Å². The Morgan fingerprint density at radius 2 is 2.27 bits per heavy atom. The number of halogens is 1. The number of aromatic nitrogens is 2. The van der Waals surface area contributed by atoms with Crippen molar-refractivity contribution >= 4 is 23.2 Å². The maximum absolute atomic E-state index is 11.5. The third-order valence-electron chi connectivity index (χ3n) is 3.09. The summed E-state index contributed by atoms with van der Waals surface area (Å²) in [6.07, 6.45) is 3.43. The topological polar surface area (TPSA) is 79.2 Å². The Kier molecular flexibility index (Phi) is 5.80. The predicted molar refractivity (Wildman–Crippen MR) is 85.8 cm³/mol.